The number of aryl methyl sites for hydroxylation is 1. The number of aromatic nitrogens is 1. The maximum absolute atomic E-state index is 12.1. The summed E-state index contributed by atoms with van der Waals surface area (Å²) in [4.78, 5) is 16.1. The summed E-state index contributed by atoms with van der Waals surface area (Å²) in [5, 5.41) is 2.93. The highest BCUT2D eigenvalue weighted by molar-refractivity contribution is 7.73. The molecule has 1 aromatic carbocycles. The second kappa shape index (κ2) is 6.12. The third kappa shape index (κ3) is 4.25. The van der Waals surface area contributed by atoms with Crippen LogP contribution in [0.4, 0.5) is 5.69 Å². The van der Waals surface area contributed by atoms with Gasteiger partial charge in [0.05, 0.1) is 6.42 Å². The molecule has 0 fully saturated rings. The molecule has 0 atom stereocenters. The van der Waals surface area contributed by atoms with Crippen LogP contribution in [0, 0.1) is 10.9 Å². The van der Waals surface area contributed by atoms with Gasteiger partial charge in [0.1, 0.15) is 0 Å². The van der Waals surface area contributed by atoms with Crippen LogP contribution in [0.2, 0.25) is 0 Å². The molecule has 0 aliphatic rings. The highest BCUT2D eigenvalue weighted by atomic mass is 32.1. The Morgan fingerprint density at radius 1 is 1.29 bits per heavy atom. The molecule has 0 spiro atoms. The average Bonchev–Trinajstić information content (AvgIpc) is 2.67. The van der Waals surface area contributed by atoms with E-state index in [9.17, 15) is 4.79 Å². The van der Waals surface area contributed by atoms with Crippen molar-refractivity contribution < 1.29 is 4.79 Å². The van der Waals surface area contributed by atoms with Crippen molar-refractivity contribution in [2.75, 3.05) is 5.32 Å². The lowest BCUT2D eigenvalue weighted by molar-refractivity contribution is -0.115. The summed E-state index contributed by atoms with van der Waals surface area (Å²) in [6.07, 6.45) is 0.352. The highest BCUT2D eigenvalue weighted by Crippen LogP contribution is 2.23. The van der Waals surface area contributed by atoms with Gasteiger partial charge in [0, 0.05) is 16.3 Å². The smallest absolute Gasteiger partial charge is 0.229 e. The van der Waals surface area contributed by atoms with Crippen molar-refractivity contribution in [3.8, 4) is 0 Å². The van der Waals surface area contributed by atoms with Crippen LogP contribution in [0.3, 0.4) is 0 Å². The molecule has 0 unspecified atom stereocenters. The van der Waals surface area contributed by atoms with Crippen LogP contribution < -0.4 is 5.32 Å². The second-order valence-corrected chi connectivity index (χ2v) is 7.89. The lowest BCUT2D eigenvalue weighted by Gasteiger charge is -2.19. The van der Waals surface area contributed by atoms with E-state index in [1.54, 1.807) is 0 Å². The molecule has 1 heterocycles. The minimum atomic E-state index is -0.0214. The van der Waals surface area contributed by atoms with Crippen LogP contribution in [-0.4, -0.2) is 10.9 Å². The molecule has 5 heteroatoms. The number of hydrogen-bond acceptors (Lipinski definition) is 3. The molecule has 3 nitrogen and oxygen atoms in total. The molecule has 2 rings (SSSR count). The van der Waals surface area contributed by atoms with Crippen molar-refractivity contribution in [2.24, 2.45) is 0 Å². The first-order chi connectivity index (χ1) is 9.75. The number of anilines is 1. The van der Waals surface area contributed by atoms with Gasteiger partial charge in [-0.2, -0.15) is 0 Å². The molecule has 112 valence electrons. The van der Waals surface area contributed by atoms with Gasteiger partial charge in [-0.1, -0.05) is 32.9 Å². The standard InChI is InChI=1S/C16H20N2OS2/c1-10-13(21-15(20)17-10)9-14(19)18-12-7-5-11(6-8-12)16(2,3)4/h5-8H,9H2,1-4H3,(H,17,20)(H,18,19). The summed E-state index contributed by atoms with van der Waals surface area (Å²) >= 11 is 6.54. The summed E-state index contributed by atoms with van der Waals surface area (Å²) in [6.45, 7) is 8.45. The number of carbonyl (C=O) groups is 1. The lowest BCUT2D eigenvalue weighted by atomic mass is 9.87. The number of nitrogens with one attached hydrogen (secondary N) is 2. The first-order valence-electron chi connectivity index (χ1n) is 6.84. The number of thiazole rings is 1. The minimum Gasteiger partial charge on any atom is -0.341 e. The fourth-order valence-electron chi connectivity index (χ4n) is 2.01. The zero-order valence-corrected chi connectivity index (χ0v) is 14.4. The van der Waals surface area contributed by atoms with E-state index in [1.807, 2.05) is 19.1 Å². The minimum absolute atomic E-state index is 0.0214. The Kier molecular flexibility index (Phi) is 4.64. The predicted molar refractivity (Wildman–Crippen MR) is 91.7 cm³/mol. The number of hydrogen-bond donors (Lipinski definition) is 2. The van der Waals surface area contributed by atoms with Crippen LogP contribution in [0.15, 0.2) is 24.3 Å². The van der Waals surface area contributed by atoms with Crippen LogP contribution in [-0.2, 0) is 16.6 Å². The van der Waals surface area contributed by atoms with E-state index in [2.05, 4.69) is 43.2 Å². The largest absolute Gasteiger partial charge is 0.341 e. The van der Waals surface area contributed by atoms with Crippen molar-refractivity contribution in [3.05, 3.63) is 44.4 Å². The van der Waals surface area contributed by atoms with E-state index < -0.39 is 0 Å². The van der Waals surface area contributed by atoms with Crippen molar-refractivity contribution in [2.45, 2.75) is 39.5 Å². The SMILES string of the molecule is Cc1[nH]c(=S)sc1CC(=O)Nc1ccc(C(C)(C)C)cc1. The normalized spacial score (nSPS) is 11.4. The van der Waals surface area contributed by atoms with Crippen molar-refractivity contribution in [1.29, 1.82) is 0 Å². The molecular formula is C16H20N2OS2. The predicted octanol–water partition coefficient (Wildman–Crippen LogP) is 4.59. The van der Waals surface area contributed by atoms with E-state index in [-0.39, 0.29) is 11.3 Å². The first kappa shape index (κ1) is 15.9. The summed E-state index contributed by atoms with van der Waals surface area (Å²) in [5.41, 5.74) is 3.17. The van der Waals surface area contributed by atoms with Gasteiger partial charge in [0.2, 0.25) is 5.91 Å². The molecule has 0 radical (unpaired) electrons. The Labute approximate surface area is 134 Å². The van der Waals surface area contributed by atoms with Crippen LogP contribution in [0.25, 0.3) is 0 Å². The van der Waals surface area contributed by atoms with E-state index >= 15 is 0 Å². The van der Waals surface area contributed by atoms with Crippen molar-refractivity contribution >= 4 is 35.1 Å². The maximum atomic E-state index is 12.1. The molecule has 2 aromatic rings. The molecule has 0 aliphatic heterocycles. The number of aromatic amines is 1. The summed E-state index contributed by atoms with van der Waals surface area (Å²) < 4.78 is 0.713. The van der Waals surface area contributed by atoms with E-state index in [0.717, 1.165) is 16.3 Å². The number of H-pyrrole nitrogens is 1. The van der Waals surface area contributed by atoms with Gasteiger partial charge in [-0.15, -0.1) is 11.3 Å². The molecule has 2 N–H and O–H groups in total. The van der Waals surface area contributed by atoms with Crippen LogP contribution in [0.1, 0.15) is 36.9 Å². The molecule has 0 aliphatic carbocycles. The Morgan fingerprint density at radius 3 is 2.38 bits per heavy atom. The zero-order chi connectivity index (χ0) is 15.6. The van der Waals surface area contributed by atoms with Gasteiger partial charge in [0.25, 0.3) is 0 Å². The fourth-order valence-corrected chi connectivity index (χ4v) is 3.30. The topological polar surface area (TPSA) is 44.9 Å². The molecule has 0 saturated carbocycles. The number of amides is 1. The van der Waals surface area contributed by atoms with E-state index in [0.29, 0.717) is 10.4 Å². The van der Waals surface area contributed by atoms with Gasteiger partial charge in [0.15, 0.2) is 3.95 Å². The Morgan fingerprint density at radius 2 is 1.90 bits per heavy atom. The number of benzene rings is 1. The average molecular weight is 320 g/mol. The Balaban J connectivity index is 2.03. The van der Waals surface area contributed by atoms with E-state index in [4.69, 9.17) is 12.2 Å². The molecular weight excluding hydrogens is 300 g/mol. The molecule has 0 saturated heterocycles. The second-order valence-electron chi connectivity index (χ2n) is 6.11. The molecule has 1 amide bonds. The van der Waals surface area contributed by atoms with Gasteiger partial charge >= 0.3 is 0 Å². The summed E-state index contributed by atoms with van der Waals surface area (Å²) in [7, 11) is 0. The fraction of sp³-hybridized carbons (Fsp3) is 0.375. The van der Waals surface area contributed by atoms with Crippen molar-refractivity contribution in [1.82, 2.24) is 4.98 Å². The number of rotatable bonds is 3. The first-order valence-corrected chi connectivity index (χ1v) is 8.07. The molecule has 1 aromatic heterocycles. The Bertz CT molecular complexity index is 690. The van der Waals surface area contributed by atoms with Gasteiger partial charge in [-0.3, -0.25) is 4.79 Å². The monoisotopic (exact) mass is 320 g/mol. The third-order valence-corrected chi connectivity index (χ3v) is 4.62. The lowest BCUT2D eigenvalue weighted by Crippen LogP contribution is -2.15. The van der Waals surface area contributed by atoms with Gasteiger partial charge < -0.3 is 10.3 Å². The molecule has 21 heavy (non-hydrogen) atoms. The number of carbonyl (C=O) groups excluding carboxylic acids is 1. The molecule has 0 bridgehead atoms. The maximum Gasteiger partial charge on any atom is 0.229 e. The summed E-state index contributed by atoms with van der Waals surface area (Å²) in [6, 6.07) is 8.01. The van der Waals surface area contributed by atoms with Crippen LogP contribution in [0.5, 0.6) is 0 Å². The van der Waals surface area contributed by atoms with Gasteiger partial charge in [-0.25, -0.2) is 0 Å². The van der Waals surface area contributed by atoms with Crippen molar-refractivity contribution in [3.63, 3.8) is 0 Å². The van der Waals surface area contributed by atoms with E-state index in [1.165, 1.54) is 16.9 Å². The third-order valence-electron chi connectivity index (χ3n) is 3.28. The van der Waals surface area contributed by atoms with Gasteiger partial charge in [-0.05, 0) is 42.3 Å². The highest BCUT2D eigenvalue weighted by Gasteiger charge is 2.13. The zero-order valence-electron chi connectivity index (χ0n) is 12.7. The quantitative estimate of drug-likeness (QED) is 0.812. The Hall–Kier alpha value is -1.46. The summed E-state index contributed by atoms with van der Waals surface area (Å²) in [5.74, 6) is -0.0214. The van der Waals surface area contributed by atoms with Crippen LogP contribution >= 0.6 is 23.6 Å².